The summed E-state index contributed by atoms with van der Waals surface area (Å²) in [5.74, 6) is 0.994. The second kappa shape index (κ2) is 8.23. The van der Waals surface area contributed by atoms with E-state index >= 15 is 0 Å². The number of fused-ring (bicyclic) bond motifs is 1. The summed E-state index contributed by atoms with van der Waals surface area (Å²) in [5, 5.41) is 0. The van der Waals surface area contributed by atoms with Crippen molar-refractivity contribution in [1.82, 2.24) is 0 Å². The lowest BCUT2D eigenvalue weighted by atomic mass is 9.86. The van der Waals surface area contributed by atoms with E-state index in [2.05, 4.69) is 13.8 Å². The maximum absolute atomic E-state index is 5.45. The number of epoxide rings is 2. The third kappa shape index (κ3) is 6.24. The summed E-state index contributed by atoms with van der Waals surface area (Å²) in [4.78, 5) is 0. The van der Waals surface area contributed by atoms with Gasteiger partial charge in [0.15, 0.2) is 0 Å². The zero-order valence-corrected chi connectivity index (χ0v) is 12.6. The highest BCUT2D eigenvalue weighted by atomic mass is 16.6. The Hall–Kier alpha value is -0.120. The fourth-order valence-electron chi connectivity index (χ4n) is 2.78. The van der Waals surface area contributed by atoms with Crippen LogP contribution in [0, 0.1) is 5.92 Å². The van der Waals surface area contributed by atoms with E-state index in [4.69, 9.17) is 14.2 Å². The van der Waals surface area contributed by atoms with E-state index in [1.54, 1.807) is 0 Å². The molecule has 0 bridgehead atoms. The quantitative estimate of drug-likeness (QED) is 0.524. The van der Waals surface area contributed by atoms with Gasteiger partial charge in [-0.15, -0.1) is 0 Å². The van der Waals surface area contributed by atoms with Gasteiger partial charge in [-0.1, -0.05) is 33.1 Å². The van der Waals surface area contributed by atoms with E-state index in [0.29, 0.717) is 18.3 Å². The molecule has 4 unspecified atom stereocenters. The summed E-state index contributed by atoms with van der Waals surface area (Å²) < 4.78 is 15.7. The molecule has 1 saturated carbocycles. The first-order chi connectivity index (χ1) is 9.33. The van der Waals surface area contributed by atoms with Crippen molar-refractivity contribution in [3.8, 4) is 0 Å². The summed E-state index contributed by atoms with van der Waals surface area (Å²) in [7, 11) is 0. The average Bonchev–Trinajstić information content (AvgIpc) is 3.29. The van der Waals surface area contributed by atoms with Gasteiger partial charge in [-0.2, -0.15) is 0 Å². The molecule has 0 N–H and O–H groups in total. The van der Waals surface area contributed by atoms with Crippen LogP contribution in [-0.4, -0.2) is 38.1 Å². The Bertz CT molecular complexity index is 240. The molecule has 0 amide bonds. The Kier molecular flexibility index (Phi) is 6.62. The predicted octanol–water partition coefficient (Wildman–Crippen LogP) is 3.56. The fraction of sp³-hybridized carbons (Fsp3) is 1.00. The molecule has 0 aromatic heterocycles. The van der Waals surface area contributed by atoms with Crippen LogP contribution in [0.25, 0.3) is 0 Å². The van der Waals surface area contributed by atoms with Crippen LogP contribution in [0.2, 0.25) is 0 Å². The molecule has 0 spiro atoms. The van der Waals surface area contributed by atoms with Crippen LogP contribution < -0.4 is 0 Å². The molecule has 3 heteroatoms. The van der Waals surface area contributed by atoms with E-state index < -0.39 is 0 Å². The lowest BCUT2D eigenvalue weighted by Gasteiger charge is -2.17. The van der Waals surface area contributed by atoms with Gasteiger partial charge in [0.05, 0.1) is 25.4 Å². The van der Waals surface area contributed by atoms with Gasteiger partial charge in [0.25, 0.3) is 0 Å². The molecular formula is C16H30O3. The fourth-order valence-corrected chi connectivity index (χ4v) is 2.78. The van der Waals surface area contributed by atoms with Crippen molar-refractivity contribution in [2.45, 2.75) is 77.1 Å². The van der Waals surface area contributed by atoms with Gasteiger partial charge in [0, 0.05) is 6.61 Å². The molecule has 0 aromatic rings. The molecule has 112 valence electrons. The molecular weight excluding hydrogens is 240 g/mol. The molecule has 3 rings (SSSR count). The SMILES string of the molecule is CCCC1CCC2OC2C1.CCCCOCC1CO1. The summed E-state index contributed by atoms with van der Waals surface area (Å²) >= 11 is 0. The van der Waals surface area contributed by atoms with Gasteiger partial charge in [0.1, 0.15) is 6.10 Å². The molecule has 3 aliphatic rings. The molecule has 0 aromatic carbocycles. The Morgan fingerprint density at radius 1 is 1.11 bits per heavy atom. The van der Waals surface area contributed by atoms with Crippen LogP contribution in [0.1, 0.15) is 58.8 Å². The lowest BCUT2D eigenvalue weighted by Crippen LogP contribution is -2.12. The normalized spacial score (nSPS) is 35.1. The van der Waals surface area contributed by atoms with E-state index in [9.17, 15) is 0 Å². The van der Waals surface area contributed by atoms with Crippen LogP contribution in [0.4, 0.5) is 0 Å². The highest BCUT2D eigenvalue weighted by molar-refractivity contribution is 4.91. The van der Waals surface area contributed by atoms with E-state index in [1.165, 1.54) is 44.9 Å². The Morgan fingerprint density at radius 3 is 2.58 bits per heavy atom. The first kappa shape index (κ1) is 15.3. The highest BCUT2D eigenvalue weighted by Crippen LogP contribution is 2.40. The van der Waals surface area contributed by atoms with E-state index in [0.717, 1.165) is 25.7 Å². The predicted molar refractivity (Wildman–Crippen MR) is 76.4 cm³/mol. The zero-order valence-electron chi connectivity index (χ0n) is 12.6. The number of hydrogen-bond donors (Lipinski definition) is 0. The summed E-state index contributed by atoms with van der Waals surface area (Å²) in [6.45, 7) is 7.05. The highest BCUT2D eigenvalue weighted by Gasteiger charge is 2.43. The number of hydrogen-bond acceptors (Lipinski definition) is 3. The van der Waals surface area contributed by atoms with Crippen molar-refractivity contribution >= 4 is 0 Å². The first-order valence-corrected chi connectivity index (χ1v) is 8.18. The van der Waals surface area contributed by atoms with E-state index in [-0.39, 0.29) is 0 Å². The minimum absolute atomic E-state index is 0.432. The maximum Gasteiger partial charge on any atom is 0.104 e. The van der Waals surface area contributed by atoms with Crippen molar-refractivity contribution in [2.75, 3.05) is 19.8 Å². The second-order valence-corrected chi connectivity index (χ2v) is 6.06. The third-order valence-corrected chi connectivity index (χ3v) is 4.16. The van der Waals surface area contributed by atoms with Gasteiger partial charge in [0.2, 0.25) is 0 Å². The monoisotopic (exact) mass is 270 g/mol. The van der Waals surface area contributed by atoms with Crippen molar-refractivity contribution in [3.05, 3.63) is 0 Å². The van der Waals surface area contributed by atoms with Crippen LogP contribution >= 0.6 is 0 Å². The lowest BCUT2D eigenvalue weighted by molar-refractivity contribution is 0.114. The number of rotatable bonds is 7. The third-order valence-electron chi connectivity index (χ3n) is 4.16. The van der Waals surface area contributed by atoms with Crippen LogP contribution in [0.3, 0.4) is 0 Å². The average molecular weight is 270 g/mol. The van der Waals surface area contributed by atoms with Gasteiger partial charge in [-0.25, -0.2) is 0 Å². The van der Waals surface area contributed by atoms with Crippen LogP contribution in [0.5, 0.6) is 0 Å². The number of ether oxygens (including phenoxy) is 3. The first-order valence-electron chi connectivity index (χ1n) is 8.18. The molecule has 2 aliphatic heterocycles. The van der Waals surface area contributed by atoms with Gasteiger partial charge < -0.3 is 14.2 Å². The minimum atomic E-state index is 0.432. The molecule has 2 saturated heterocycles. The molecule has 2 heterocycles. The molecule has 3 nitrogen and oxygen atoms in total. The maximum atomic E-state index is 5.45. The molecule has 1 aliphatic carbocycles. The van der Waals surface area contributed by atoms with Crippen molar-refractivity contribution in [2.24, 2.45) is 5.92 Å². The largest absolute Gasteiger partial charge is 0.379 e. The zero-order chi connectivity index (χ0) is 13.5. The topological polar surface area (TPSA) is 34.3 Å². The van der Waals surface area contributed by atoms with Crippen LogP contribution in [-0.2, 0) is 14.2 Å². The standard InChI is InChI=1S/C9H16O.C7H14O2/c1-2-3-7-4-5-8-9(6-7)10-8;1-2-3-4-8-5-7-6-9-7/h7-9H,2-6H2,1H3;7H,2-6H2,1H3. The summed E-state index contributed by atoms with van der Waals surface area (Å²) in [6, 6.07) is 0. The van der Waals surface area contributed by atoms with Gasteiger partial charge >= 0.3 is 0 Å². The Labute approximate surface area is 118 Å². The smallest absolute Gasteiger partial charge is 0.104 e. The second-order valence-electron chi connectivity index (χ2n) is 6.06. The molecule has 19 heavy (non-hydrogen) atoms. The summed E-state index contributed by atoms with van der Waals surface area (Å²) in [5.41, 5.74) is 0. The Morgan fingerprint density at radius 2 is 1.95 bits per heavy atom. The number of unbranched alkanes of at least 4 members (excludes halogenated alkanes) is 1. The van der Waals surface area contributed by atoms with Crippen molar-refractivity contribution in [1.29, 1.82) is 0 Å². The molecule has 4 atom stereocenters. The van der Waals surface area contributed by atoms with Gasteiger partial charge in [-0.3, -0.25) is 0 Å². The van der Waals surface area contributed by atoms with Crippen molar-refractivity contribution in [3.63, 3.8) is 0 Å². The minimum Gasteiger partial charge on any atom is -0.379 e. The van der Waals surface area contributed by atoms with Crippen molar-refractivity contribution < 1.29 is 14.2 Å². The van der Waals surface area contributed by atoms with Crippen LogP contribution in [0.15, 0.2) is 0 Å². The Balaban J connectivity index is 0.000000141. The van der Waals surface area contributed by atoms with Gasteiger partial charge in [-0.05, 0) is 31.6 Å². The van der Waals surface area contributed by atoms with E-state index in [1.807, 2.05) is 0 Å². The molecule has 3 fully saturated rings. The molecule has 0 radical (unpaired) electrons. The summed E-state index contributed by atoms with van der Waals surface area (Å²) in [6.07, 6.45) is 11.1.